The average molecular weight is 329 g/mol. The Labute approximate surface area is 127 Å². The number of rotatable bonds is 5. The van der Waals surface area contributed by atoms with Crippen LogP contribution in [0.5, 0.6) is 5.75 Å². The lowest BCUT2D eigenvalue weighted by atomic mass is 10.2. The van der Waals surface area contributed by atoms with Crippen LogP contribution in [-0.2, 0) is 23.2 Å². The number of benzene rings is 1. The first kappa shape index (κ1) is 14.6. The third-order valence-corrected chi connectivity index (χ3v) is 4.37. The number of esters is 1. The number of amides is 1. The van der Waals surface area contributed by atoms with Crippen molar-refractivity contribution in [2.24, 2.45) is 0 Å². The first-order valence-electron chi connectivity index (χ1n) is 6.10. The van der Waals surface area contributed by atoms with Gasteiger partial charge in [0, 0.05) is 9.47 Å². The van der Waals surface area contributed by atoms with Crippen molar-refractivity contribution in [1.29, 1.82) is 0 Å². The van der Waals surface area contributed by atoms with E-state index >= 15 is 0 Å². The van der Waals surface area contributed by atoms with E-state index in [9.17, 15) is 9.59 Å². The third-order valence-electron chi connectivity index (χ3n) is 3.23. The van der Waals surface area contributed by atoms with E-state index in [1.807, 2.05) is 6.07 Å². The molecule has 2 heterocycles. The number of carbonyl (C=O) groups is 2. The SMILES string of the molecule is O=C1OCN2C(=O)C(SOOc3ccccc3)[C@H](OP)[C@@H]12. The lowest BCUT2D eigenvalue weighted by molar-refractivity contribution is -0.140. The van der Waals surface area contributed by atoms with Crippen LogP contribution in [0.1, 0.15) is 0 Å². The van der Waals surface area contributed by atoms with Crippen molar-refractivity contribution in [1.82, 2.24) is 4.90 Å². The Kier molecular flexibility index (Phi) is 4.30. The molecule has 9 heteroatoms. The van der Waals surface area contributed by atoms with Crippen LogP contribution in [0.2, 0.25) is 0 Å². The molecular formula is C12H12NO6PS. The highest BCUT2D eigenvalue weighted by Crippen LogP contribution is 2.36. The molecule has 0 aliphatic carbocycles. The second-order valence-electron chi connectivity index (χ2n) is 4.43. The molecule has 0 spiro atoms. The van der Waals surface area contributed by atoms with Crippen molar-refractivity contribution in [2.45, 2.75) is 17.4 Å². The maximum atomic E-state index is 12.2. The third kappa shape index (κ3) is 2.72. The second kappa shape index (κ2) is 6.19. The van der Waals surface area contributed by atoms with Crippen molar-refractivity contribution in [3.63, 3.8) is 0 Å². The van der Waals surface area contributed by atoms with Gasteiger partial charge >= 0.3 is 5.97 Å². The Hall–Kier alpha value is -1.34. The van der Waals surface area contributed by atoms with Crippen LogP contribution in [0.15, 0.2) is 30.3 Å². The molecular weight excluding hydrogens is 317 g/mol. The molecule has 112 valence electrons. The first-order valence-corrected chi connectivity index (χ1v) is 7.37. The van der Waals surface area contributed by atoms with Gasteiger partial charge in [-0.25, -0.2) is 4.79 Å². The normalized spacial score (nSPS) is 27.7. The van der Waals surface area contributed by atoms with E-state index in [1.165, 1.54) is 4.90 Å². The van der Waals surface area contributed by atoms with Gasteiger partial charge in [0.05, 0.1) is 12.0 Å². The van der Waals surface area contributed by atoms with Crippen LogP contribution in [0, 0.1) is 0 Å². The maximum Gasteiger partial charge on any atom is 0.333 e. The van der Waals surface area contributed by atoms with Crippen molar-refractivity contribution in [2.75, 3.05) is 6.73 Å². The van der Waals surface area contributed by atoms with Crippen LogP contribution in [0.3, 0.4) is 0 Å². The van der Waals surface area contributed by atoms with Gasteiger partial charge in [-0.3, -0.25) is 9.69 Å². The standard InChI is InChI=1S/C12H12NO6PS/c14-11-10(21-19-17-7-4-2-1-3-5-7)9(18-20)8-12(15)16-6-13(8)11/h1-5,8-10H,6,20H2/t8-,9+,10?/m0/s1. The predicted molar refractivity (Wildman–Crippen MR) is 75.7 cm³/mol. The fraction of sp³-hybridized carbons (Fsp3) is 0.333. The number of hydrogen-bond donors (Lipinski definition) is 0. The summed E-state index contributed by atoms with van der Waals surface area (Å²) in [5, 5.41) is -0.691. The molecule has 2 saturated heterocycles. The molecule has 3 rings (SSSR count). The number of nitrogens with zero attached hydrogens (tertiary/aromatic N) is 1. The largest absolute Gasteiger partial charge is 0.443 e. The minimum absolute atomic E-state index is 0.0521. The Morgan fingerprint density at radius 1 is 1.29 bits per heavy atom. The van der Waals surface area contributed by atoms with Crippen LogP contribution in [0.4, 0.5) is 0 Å². The molecule has 21 heavy (non-hydrogen) atoms. The predicted octanol–water partition coefficient (Wildman–Crippen LogP) is 0.914. The Morgan fingerprint density at radius 3 is 2.76 bits per heavy atom. The van der Waals surface area contributed by atoms with Crippen LogP contribution >= 0.6 is 21.5 Å². The van der Waals surface area contributed by atoms with E-state index < -0.39 is 23.4 Å². The lowest BCUT2D eigenvalue weighted by Gasteiger charge is -2.16. The Balaban J connectivity index is 1.62. The minimum Gasteiger partial charge on any atom is -0.443 e. The molecule has 1 aromatic rings. The summed E-state index contributed by atoms with van der Waals surface area (Å²) >= 11 is 0.819. The highest BCUT2D eigenvalue weighted by Gasteiger charge is 2.57. The summed E-state index contributed by atoms with van der Waals surface area (Å²) in [7, 11) is 2.07. The summed E-state index contributed by atoms with van der Waals surface area (Å²) in [5.41, 5.74) is 0. The fourth-order valence-electron chi connectivity index (χ4n) is 2.23. The van der Waals surface area contributed by atoms with Gasteiger partial charge in [0.15, 0.2) is 18.5 Å². The molecule has 0 saturated carbocycles. The van der Waals surface area contributed by atoms with Gasteiger partial charge in [-0.05, 0) is 12.1 Å². The van der Waals surface area contributed by atoms with Crippen molar-refractivity contribution >= 4 is 33.4 Å². The smallest absolute Gasteiger partial charge is 0.333 e. The summed E-state index contributed by atoms with van der Waals surface area (Å²) in [6.45, 7) is -0.0521. The molecule has 2 aliphatic heterocycles. The highest BCUT2D eigenvalue weighted by molar-refractivity contribution is 7.96. The molecule has 1 amide bonds. The molecule has 0 N–H and O–H groups in total. The number of fused-ring (bicyclic) bond motifs is 1. The van der Waals surface area contributed by atoms with Crippen LogP contribution in [0.25, 0.3) is 0 Å². The Bertz CT molecular complexity index is 544. The van der Waals surface area contributed by atoms with Gasteiger partial charge in [0.25, 0.3) is 0 Å². The lowest BCUT2D eigenvalue weighted by Crippen LogP contribution is -2.36. The molecule has 1 aromatic carbocycles. The summed E-state index contributed by atoms with van der Waals surface area (Å²) in [5.74, 6) is -0.235. The monoisotopic (exact) mass is 329 g/mol. The zero-order valence-electron chi connectivity index (χ0n) is 10.7. The van der Waals surface area contributed by atoms with Crippen molar-refractivity contribution in [3.8, 4) is 5.75 Å². The number of carbonyl (C=O) groups excluding carboxylic acids is 2. The number of cyclic esters (lactones) is 1. The molecule has 0 bridgehead atoms. The van der Waals surface area contributed by atoms with E-state index in [1.54, 1.807) is 24.3 Å². The van der Waals surface area contributed by atoms with Crippen molar-refractivity contribution < 1.29 is 28.1 Å². The van der Waals surface area contributed by atoms with Gasteiger partial charge in [-0.15, -0.1) is 4.33 Å². The highest BCUT2D eigenvalue weighted by atomic mass is 32.2. The van der Waals surface area contributed by atoms with E-state index in [0.29, 0.717) is 5.75 Å². The first-order chi connectivity index (χ1) is 10.2. The van der Waals surface area contributed by atoms with Gasteiger partial charge in [0.1, 0.15) is 11.4 Å². The molecule has 2 unspecified atom stereocenters. The van der Waals surface area contributed by atoms with Gasteiger partial charge in [0.2, 0.25) is 5.91 Å². The summed E-state index contributed by atoms with van der Waals surface area (Å²) < 4.78 is 15.1. The number of ether oxygens (including phenoxy) is 1. The average Bonchev–Trinajstić information content (AvgIpc) is 3.00. The van der Waals surface area contributed by atoms with Crippen LogP contribution < -0.4 is 4.89 Å². The van der Waals surface area contributed by atoms with E-state index in [2.05, 4.69) is 9.47 Å². The van der Waals surface area contributed by atoms with Crippen molar-refractivity contribution in [3.05, 3.63) is 30.3 Å². The molecule has 2 aliphatic rings. The Morgan fingerprint density at radius 2 is 2.05 bits per heavy atom. The minimum atomic E-state index is -0.729. The summed E-state index contributed by atoms with van der Waals surface area (Å²) in [4.78, 5) is 30.2. The molecule has 2 fully saturated rings. The molecule has 0 aromatic heterocycles. The molecule has 0 radical (unpaired) electrons. The number of para-hydroxylation sites is 1. The van der Waals surface area contributed by atoms with Gasteiger partial charge in [-0.1, -0.05) is 18.2 Å². The van der Waals surface area contributed by atoms with Crippen LogP contribution in [-0.4, -0.2) is 40.9 Å². The second-order valence-corrected chi connectivity index (χ2v) is 5.54. The van der Waals surface area contributed by atoms with Gasteiger partial charge < -0.3 is 14.1 Å². The zero-order valence-corrected chi connectivity index (χ0v) is 12.7. The summed E-state index contributed by atoms with van der Waals surface area (Å²) in [6, 6.07) is 8.15. The maximum absolute atomic E-state index is 12.2. The quantitative estimate of drug-likeness (QED) is 0.261. The zero-order chi connectivity index (χ0) is 14.8. The molecule has 7 nitrogen and oxygen atoms in total. The number of hydrogen-bond acceptors (Lipinski definition) is 7. The van der Waals surface area contributed by atoms with E-state index in [-0.39, 0.29) is 12.6 Å². The van der Waals surface area contributed by atoms with Gasteiger partial charge in [-0.2, -0.15) is 0 Å². The topological polar surface area (TPSA) is 74.3 Å². The fourth-order valence-corrected chi connectivity index (χ4v) is 3.39. The van der Waals surface area contributed by atoms with E-state index in [4.69, 9.17) is 18.5 Å². The summed E-state index contributed by atoms with van der Waals surface area (Å²) in [6.07, 6.45) is -0.665. The molecule has 4 atom stereocenters. The van der Waals surface area contributed by atoms with E-state index in [0.717, 1.165) is 12.0 Å².